The zero-order valence-corrected chi connectivity index (χ0v) is 9.01. The van der Waals surface area contributed by atoms with Gasteiger partial charge in [0.15, 0.2) is 5.78 Å². The van der Waals surface area contributed by atoms with Crippen LogP contribution in [-0.4, -0.2) is 5.78 Å². The Bertz CT molecular complexity index is 147. The monoisotopic (exact) mass is 182 g/mol. The summed E-state index contributed by atoms with van der Waals surface area (Å²) in [5.74, 6) is 0.276. The Morgan fingerprint density at radius 3 is 2.46 bits per heavy atom. The summed E-state index contributed by atoms with van der Waals surface area (Å²) in [4.78, 5) is 11.0. The molecule has 0 fully saturated rings. The van der Waals surface area contributed by atoms with Crippen molar-refractivity contribution in [2.24, 2.45) is 0 Å². The molecule has 0 aromatic heterocycles. The Kier molecular flexibility index (Phi) is 9.07. The smallest absolute Gasteiger partial charge is 0.155 e. The summed E-state index contributed by atoms with van der Waals surface area (Å²) in [6.45, 7) is 4.24. The number of hydrogen-bond acceptors (Lipinski definition) is 1. The van der Waals surface area contributed by atoms with Gasteiger partial charge in [-0.15, -0.1) is 0 Å². The van der Waals surface area contributed by atoms with Gasteiger partial charge in [0.05, 0.1) is 0 Å². The second kappa shape index (κ2) is 9.50. The topological polar surface area (TPSA) is 17.1 Å². The van der Waals surface area contributed by atoms with E-state index in [2.05, 4.69) is 6.92 Å². The molecule has 0 spiro atoms. The summed E-state index contributed by atoms with van der Waals surface area (Å²) < 4.78 is 0. The lowest BCUT2D eigenvalue weighted by Gasteiger charge is -1.94. The first-order valence-electron chi connectivity index (χ1n) is 5.50. The van der Waals surface area contributed by atoms with Gasteiger partial charge < -0.3 is 0 Å². The summed E-state index contributed by atoms with van der Waals surface area (Å²) in [6, 6.07) is 0. The predicted octanol–water partition coefficient (Wildman–Crippen LogP) is 3.88. The number of rotatable bonds is 8. The SMILES string of the molecule is CCCCCCC=CC(=O)CCC. The largest absolute Gasteiger partial charge is 0.295 e. The summed E-state index contributed by atoms with van der Waals surface area (Å²) in [5, 5.41) is 0. The van der Waals surface area contributed by atoms with Gasteiger partial charge in [-0.3, -0.25) is 4.79 Å². The first-order chi connectivity index (χ1) is 6.31. The molecule has 1 heteroatoms. The van der Waals surface area contributed by atoms with E-state index in [1.54, 1.807) is 6.08 Å². The summed E-state index contributed by atoms with van der Waals surface area (Å²) in [7, 11) is 0. The molecule has 0 saturated heterocycles. The van der Waals surface area contributed by atoms with Crippen molar-refractivity contribution in [1.29, 1.82) is 0 Å². The lowest BCUT2D eigenvalue weighted by atomic mass is 10.1. The van der Waals surface area contributed by atoms with Crippen LogP contribution in [0, 0.1) is 0 Å². The van der Waals surface area contributed by atoms with E-state index in [1.165, 1.54) is 25.7 Å². The molecular formula is C12H22O. The molecule has 0 saturated carbocycles. The molecule has 0 aliphatic rings. The highest BCUT2D eigenvalue weighted by molar-refractivity contribution is 5.89. The molecule has 0 atom stereocenters. The van der Waals surface area contributed by atoms with Gasteiger partial charge in [-0.2, -0.15) is 0 Å². The quantitative estimate of drug-likeness (QED) is 0.411. The Labute approximate surface area is 82.2 Å². The molecule has 0 amide bonds. The maximum Gasteiger partial charge on any atom is 0.155 e. The second-order valence-electron chi connectivity index (χ2n) is 3.47. The highest BCUT2D eigenvalue weighted by Gasteiger charge is 1.91. The third-order valence-corrected chi connectivity index (χ3v) is 2.02. The fraction of sp³-hybridized carbons (Fsp3) is 0.750. The van der Waals surface area contributed by atoms with E-state index in [4.69, 9.17) is 0 Å². The van der Waals surface area contributed by atoms with Gasteiger partial charge in [0.2, 0.25) is 0 Å². The van der Waals surface area contributed by atoms with E-state index in [1.807, 2.05) is 13.0 Å². The Morgan fingerprint density at radius 1 is 1.08 bits per heavy atom. The van der Waals surface area contributed by atoms with Crippen LogP contribution < -0.4 is 0 Å². The van der Waals surface area contributed by atoms with Crippen molar-refractivity contribution in [3.05, 3.63) is 12.2 Å². The van der Waals surface area contributed by atoms with Crippen molar-refractivity contribution in [2.45, 2.75) is 58.8 Å². The number of hydrogen-bond donors (Lipinski definition) is 0. The molecule has 13 heavy (non-hydrogen) atoms. The van der Waals surface area contributed by atoms with Crippen molar-refractivity contribution in [3.63, 3.8) is 0 Å². The molecule has 0 N–H and O–H groups in total. The second-order valence-corrected chi connectivity index (χ2v) is 3.47. The summed E-state index contributed by atoms with van der Waals surface area (Å²) in [5.41, 5.74) is 0. The molecule has 0 heterocycles. The van der Waals surface area contributed by atoms with Gasteiger partial charge in [0.25, 0.3) is 0 Å². The van der Waals surface area contributed by atoms with E-state index in [0.29, 0.717) is 6.42 Å². The molecule has 0 aromatic carbocycles. The molecule has 0 aromatic rings. The minimum absolute atomic E-state index is 0.276. The van der Waals surface area contributed by atoms with E-state index in [-0.39, 0.29) is 5.78 Å². The minimum Gasteiger partial charge on any atom is -0.295 e. The predicted molar refractivity (Wildman–Crippen MR) is 57.8 cm³/mol. The van der Waals surface area contributed by atoms with E-state index in [9.17, 15) is 4.79 Å². The fourth-order valence-electron chi connectivity index (χ4n) is 1.23. The third kappa shape index (κ3) is 9.32. The highest BCUT2D eigenvalue weighted by Crippen LogP contribution is 2.03. The van der Waals surface area contributed by atoms with Crippen molar-refractivity contribution in [3.8, 4) is 0 Å². The van der Waals surface area contributed by atoms with Crippen molar-refractivity contribution < 1.29 is 4.79 Å². The van der Waals surface area contributed by atoms with Gasteiger partial charge in [0.1, 0.15) is 0 Å². The third-order valence-electron chi connectivity index (χ3n) is 2.02. The number of carbonyl (C=O) groups excluding carboxylic acids is 1. The molecule has 0 bridgehead atoms. The molecular weight excluding hydrogens is 160 g/mol. The van der Waals surface area contributed by atoms with Crippen LogP contribution in [0.2, 0.25) is 0 Å². The van der Waals surface area contributed by atoms with Crippen molar-refractivity contribution in [1.82, 2.24) is 0 Å². The zero-order valence-electron chi connectivity index (χ0n) is 9.01. The molecule has 76 valence electrons. The normalized spacial score (nSPS) is 10.9. The molecule has 0 unspecified atom stereocenters. The van der Waals surface area contributed by atoms with Crippen LogP contribution in [0.25, 0.3) is 0 Å². The molecule has 0 rings (SSSR count). The molecule has 0 radical (unpaired) electrons. The Morgan fingerprint density at radius 2 is 1.85 bits per heavy atom. The molecule has 1 nitrogen and oxygen atoms in total. The zero-order chi connectivity index (χ0) is 9.94. The fourth-order valence-corrected chi connectivity index (χ4v) is 1.23. The van der Waals surface area contributed by atoms with Gasteiger partial charge in [-0.25, -0.2) is 0 Å². The van der Waals surface area contributed by atoms with Gasteiger partial charge in [-0.05, 0) is 25.3 Å². The van der Waals surface area contributed by atoms with Gasteiger partial charge in [-0.1, -0.05) is 39.2 Å². The van der Waals surface area contributed by atoms with Crippen LogP contribution in [0.1, 0.15) is 58.8 Å². The maximum absolute atomic E-state index is 11.0. The average molecular weight is 182 g/mol. The summed E-state index contributed by atoms with van der Waals surface area (Å²) in [6.07, 6.45) is 11.6. The number of allylic oxidation sites excluding steroid dienone is 2. The lowest BCUT2D eigenvalue weighted by molar-refractivity contribution is -0.114. The van der Waals surface area contributed by atoms with Crippen LogP contribution in [0.5, 0.6) is 0 Å². The van der Waals surface area contributed by atoms with Crippen LogP contribution in [-0.2, 0) is 4.79 Å². The van der Waals surface area contributed by atoms with Crippen molar-refractivity contribution >= 4 is 5.78 Å². The minimum atomic E-state index is 0.276. The van der Waals surface area contributed by atoms with Crippen LogP contribution >= 0.6 is 0 Å². The standard InChI is InChI=1S/C12H22O/c1-3-5-6-7-8-9-11-12(13)10-4-2/h9,11H,3-8,10H2,1-2H3. The lowest BCUT2D eigenvalue weighted by Crippen LogP contribution is -1.89. The number of ketones is 1. The first kappa shape index (κ1) is 12.4. The van der Waals surface area contributed by atoms with Crippen LogP contribution in [0.4, 0.5) is 0 Å². The first-order valence-corrected chi connectivity index (χ1v) is 5.50. The molecule has 0 aliphatic heterocycles. The highest BCUT2D eigenvalue weighted by atomic mass is 16.1. The Hall–Kier alpha value is -0.590. The maximum atomic E-state index is 11.0. The van der Waals surface area contributed by atoms with Crippen molar-refractivity contribution in [2.75, 3.05) is 0 Å². The average Bonchev–Trinajstić information content (AvgIpc) is 2.11. The number of carbonyl (C=O) groups is 1. The number of unbranched alkanes of at least 4 members (excludes halogenated alkanes) is 4. The van der Waals surface area contributed by atoms with Gasteiger partial charge >= 0.3 is 0 Å². The molecule has 0 aliphatic carbocycles. The van der Waals surface area contributed by atoms with Crippen LogP contribution in [0.15, 0.2) is 12.2 Å². The van der Waals surface area contributed by atoms with Gasteiger partial charge in [0, 0.05) is 6.42 Å². The van der Waals surface area contributed by atoms with Crippen LogP contribution in [0.3, 0.4) is 0 Å². The van der Waals surface area contributed by atoms with E-state index in [0.717, 1.165) is 12.8 Å². The van der Waals surface area contributed by atoms with E-state index >= 15 is 0 Å². The Balaban J connectivity index is 3.25. The van der Waals surface area contributed by atoms with E-state index < -0.39 is 0 Å². The summed E-state index contributed by atoms with van der Waals surface area (Å²) >= 11 is 0.